The lowest BCUT2D eigenvalue weighted by molar-refractivity contribution is 0.261. The van der Waals surface area contributed by atoms with Gasteiger partial charge in [0.1, 0.15) is 5.69 Å². The Morgan fingerprint density at radius 1 is 1.33 bits per heavy atom. The fraction of sp³-hybridized carbons (Fsp3) is 0.750. The SMILES string of the molecule is CC1CCCC(Nc2c(Br)cnn(CC3CCC3)c2=O)C1. The predicted molar refractivity (Wildman–Crippen MR) is 88.6 cm³/mol. The lowest BCUT2D eigenvalue weighted by Gasteiger charge is -2.29. The van der Waals surface area contributed by atoms with Gasteiger partial charge in [-0.1, -0.05) is 26.2 Å². The molecule has 4 nitrogen and oxygen atoms in total. The van der Waals surface area contributed by atoms with Crippen molar-refractivity contribution in [3.8, 4) is 0 Å². The Kier molecular flexibility index (Phi) is 4.67. The zero-order valence-electron chi connectivity index (χ0n) is 12.6. The smallest absolute Gasteiger partial charge is 0.291 e. The van der Waals surface area contributed by atoms with Gasteiger partial charge in [-0.25, -0.2) is 4.68 Å². The third kappa shape index (κ3) is 3.50. The molecule has 2 saturated carbocycles. The first kappa shape index (κ1) is 15.1. The van der Waals surface area contributed by atoms with Gasteiger partial charge in [0.2, 0.25) is 0 Å². The van der Waals surface area contributed by atoms with Crippen LogP contribution in [0.4, 0.5) is 5.69 Å². The number of halogens is 1. The number of aromatic nitrogens is 2. The molecule has 0 radical (unpaired) electrons. The van der Waals surface area contributed by atoms with Gasteiger partial charge in [-0.3, -0.25) is 4.79 Å². The molecule has 0 amide bonds. The van der Waals surface area contributed by atoms with Crippen LogP contribution in [0, 0.1) is 11.8 Å². The normalized spacial score (nSPS) is 26.4. The molecule has 2 aliphatic rings. The molecular weight excluding hydrogens is 330 g/mol. The molecule has 0 aromatic carbocycles. The minimum absolute atomic E-state index is 0.0227. The number of rotatable bonds is 4. The van der Waals surface area contributed by atoms with Gasteiger partial charge >= 0.3 is 0 Å². The Labute approximate surface area is 134 Å². The van der Waals surface area contributed by atoms with Crippen LogP contribution >= 0.6 is 15.9 Å². The van der Waals surface area contributed by atoms with Gasteiger partial charge in [0.25, 0.3) is 5.56 Å². The molecule has 2 aliphatic carbocycles. The number of hydrogen-bond donors (Lipinski definition) is 1. The molecule has 0 spiro atoms. The molecule has 3 rings (SSSR count). The highest BCUT2D eigenvalue weighted by molar-refractivity contribution is 9.10. The summed E-state index contributed by atoms with van der Waals surface area (Å²) in [6.07, 6.45) is 10.4. The maximum Gasteiger partial charge on any atom is 0.291 e. The first-order chi connectivity index (χ1) is 10.1. The van der Waals surface area contributed by atoms with Gasteiger partial charge in [0, 0.05) is 12.6 Å². The minimum Gasteiger partial charge on any atom is -0.377 e. The van der Waals surface area contributed by atoms with Crippen molar-refractivity contribution < 1.29 is 0 Å². The van der Waals surface area contributed by atoms with Crippen LogP contribution in [0.15, 0.2) is 15.5 Å². The molecule has 2 unspecified atom stereocenters. The standard InChI is InChI=1S/C16H24BrN3O/c1-11-4-2-7-13(8-11)19-15-14(17)9-18-20(16(15)21)10-12-5-3-6-12/h9,11-13,19H,2-8,10H2,1H3. The summed E-state index contributed by atoms with van der Waals surface area (Å²) in [4.78, 5) is 12.6. The van der Waals surface area contributed by atoms with Crippen molar-refractivity contribution in [2.24, 2.45) is 11.8 Å². The fourth-order valence-corrected chi connectivity index (χ4v) is 3.79. The predicted octanol–water partition coefficient (Wildman–Crippen LogP) is 3.80. The largest absolute Gasteiger partial charge is 0.377 e. The third-order valence-electron chi connectivity index (χ3n) is 4.94. The van der Waals surface area contributed by atoms with E-state index in [0.29, 0.717) is 17.6 Å². The molecule has 0 aliphatic heterocycles. The Morgan fingerprint density at radius 2 is 2.10 bits per heavy atom. The maximum absolute atomic E-state index is 12.6. The highest BCUT2D eigenvalue weighted by atomic mass is 79.9. The van der Waals surface area contributed by atoms with E-state index in [1.165, 1.54) is 32.1 Å². The summed E-state index contributed by atoms with van der Waals surface area (Å²) in [6, 6.07) is 0.414. The van der Waals surface area contributed by atoms with Crippen molar-refractivity contribution in [1.29, 1.82) is 0 Å². The van der Waals surface area contributed by atoms with Crippen LogP contribution in [0.5, 0.6) is 0 Å². The van der Waals surface area contributed by atoms with Crippen LogP contribution in [-0.4, -0.2) is 15.8 Å². The third-order valence-corrected chi connectivity index (χ3v) is 5.54. The van der Waals surface area contributed by atoms with E-state index >= 15 is 0 Å². The summed E-state index contributed by atoms with van der Waals surface area (Å²) in [7, 11) is 0. The molecule has 0 saturated heterocycles. The monoisotopic (exact) mass is 353 g/mol. The summed E-state index contributed by atoms with van der Waals surface area (Å²) in [5, 5.41) is 7.76. The lowest BCUT2D eigenvalue weighted by Crippen LogP contribution is -2.34. The Hall–Kier alpha value is -0.840. The van der Waals surface area contributed by atoms with Crippen molar-refractivity contribution in [3.63, 3.8) is 0 Å². The van der Waals surface area contributed by atoms with Crippen molar-refractivity contribution in [2.75, 3.05) is 5.32 Å². The first-order valence-electron chi connectivity index (χ1n) is 8.15. The van der Waals surface area contributed by atoms with E-state index in [0.717, 1.165) is 29.8 Å². The van der Waals surface area contributed by atoms with E-state index in [1.54, 1.807) is 10.9 Å². The molecule has 1 aromatic rings. The molecule has 0 bridgehead atoms. The quantitative estimate of drug-likeness (QED) is 0.895. The number of hydrogen-bond acceptors (Lipinski definition) is 3. The van der Waals surface area contributed by atoms with Crippen LogP contribution in [0.25, 0.3) is 0 Å². The van der Waals surface area contributed by atoms with Gasteiger partial charge in [-0.15, -0.1) is 0 Å². The van der Waals surface area contributed by atoms with E-state index in [-0.39, 0.29) is 5.56 Å². The van der Waals surface area contributed by atoms with Crippen molar-refractivity contribution in [2.45, 2.75) is 64.5 Å². The van der Waals surface area contributed by atoms with Gasteiger partial charge in [-0.2, -0.15) is 5.10 Å². The maximum atomic E-state index is 12.6. The topological polar surface area (TPSA) is 46.9 Å². The van der Waals surface area contributed by atoms with Crippen LogP contribution in [0.3, 0.4) is 0 Å². The van der Waals surface area contributed by atoms with Gasteiger partial charge in [-0.05, 0) is 53.4 Å². The van der Waals surface area contributed by atoms with Crippen molar-refractivity contribution >= 4 is 21.6 Å². The lowest BCUT2D eigenvalue weighted by atomic mass is 9.85. The van der Waals surface area contributed by atoms with Gasteiger partial charge in [0.15, 0.2) is 0 Å². The first-order valence-corrected chi connectivity index (χ1v) is 8.95. The van der Waals surface area contributed by atoms with E-state index in [9.17, 15) is 4.79 Å². The molecular formula is C16H24BrN3O. The average molecular weight is 354 g/mol. The molecule has 21 heavy (non-hydrogen) atoms. The van der Waals surface area contributed by atoms with Crippen LogP contribution in [-0.2, 0) is 6.54 Å². The number of anilines is 1. The van der Waals surface area contributed by atoms with E-state index in [1.807, 2.05) is 0 Å². The molecule has 1 N–H and O–H groups in total. The van der Waals surface area contributed by atoms with Gasteiger partial charge in [0.05, 0.1) is 10.7 Å². The summed E-state index contributed by atoms with van der Waals surface area (Å²) < 4.78 is 2.43. The summed E-state index contributed by atoms with van der Waals surface area (Å²) >= 11 is 3.48. The van der Waals surface area contributed by atoms with Crippen LogP contribution in [0.2, 0.25) is 0 Å². The fourth-order valence-electron chi connectivity index (χ4n) is 3.42. The summed E-state index contributed by atoms with van der Waals surface area (Å²) in [6.45, 7) is 3.06. The highest BCUT2D eigenvalue weighted by Crippen LogP contribution is 2.29. The van der Waals surface area contributed by atoms with Crippen molar-refractivity contribution in [3.05, 3.63) is 21.0 Å². The Morgan fingerprint density at radius 3 is 2.76 bits per heavy atom. The number of nitrogens with zero attached hydrogens (tertiary/aromatic N) is 2. The highest BCUT2D eigenvalue weighted by Gasteiger charge is 2.23. The minimum atomic E-state index is 0.0227. The van der Waals surface area contributed by atoms with Crippen LogP contribution in [0.1, 0.15) is 51.9 Å². The molecule has 2 fully saturated rings. The second kappa shape index (κ2) is 6.51. The molecule has 2 atom stereocenters. The average Bonchev–Trinajstić information content (AvgIpc) is 2.41. The summed E-state index contributed by atoms with van der Waals surface area (Å²) in [5.41, 5.74) is 0.720. The zero-order chi connectivity index (χ0) is 14.8. The van der Waals surface area contributed by atoms with E-state index in [2.05, 4.69) is 33.3 Å². The number of nitrogens with one attached hydrogen (secondary N) is 1. The van der Waals surface area contributed by atoms with E-state index < -0.39 is 0 Å². The van der Waals surface area contributed by atoms with Crippen molar-refractivity contribution in [1.82, 2.24) is 9.78 Å². The van der Waals surface area contributed by atoms with Gasteiger partial charge < -0.3 is 5.32 Å². The van der Waals surface area contributed by atoms with E-state index in [4.69, 9.17) is 0 Å². The second-order valence-corrected chi connectivity index (χ2v) is 7.62. The second-order valence-electron chi connectivity index (χ2n) is 6.76. The Balaban J connectivity index is 1.76. The Bertz CT molecular complexity index is 553. The molecule has 1 aromatic heterocycles. The van der Waals surface area contributed by atoms with Crippen LogP contribution < -0.4 is 10.9 Å². The molecule has 5 heteroatoms. The molecule has 116 valence electrons. The zero-order valence-corrected chi connectivity index (χ0v) is 14.2. The molecule has 1 heterocycles. The summed E-state index contributed by atoms with van der Waals surface area (Å²) in [5.74, 6) is 1.38.